The zero-order chi connectivity index (χ0) is 40.4. The summed E-state index contributed by atoms with van der Waals surface area (Å²) in [4.78, 5) is 16.0. The Kier molecular flexibility index (Phi) is 9.51. The first-order valence-electron chi connectivity index (χ1n) is 20.1. The Morgan fingerprint density at radius 1 is 0.310 bits per heavy atom. The molecule has 9 rings (SSSR count). The molecule has 0 radical (unpaired) electrons. The molecule has 0 saturated carbocycles. The van der Waals surface area contributed by atoms with E-state index in [1.165, 1.54) is 65.9 Å². The number of aromatic nitrogens is 3. The summed E-state index contributed by atoms with van der Waals surface area (Å²) >= 11 is 0. The molecule has 13 heteroatoms. The first-order chi connectivity index (χ1) is 28.0. The molecule has 0 aliphatic rings. The molecule has 0 fully saturated rings. The summed E-state index contributed by atoms with van der Waals surface area (Å²) in [6.45, 7) is 0. The van der Waals surface area contributed by atoms with E-state index in [0.29, 0.717) is 17.5 Å². The lowest BCUT2D eigenvalue weighted by molar-refractivity contribution is 0.670. The molecule has 0 aliphatic heterocycles. The van der Waals surface area contributed by atoms with Gasteiger partial charge in [0.2, 0.25) is 0 Å². The van der Waals surface area contributed by atoms with Gasteiger partial charge in [-0.1, -0.05) is 137 Å². The first-order valence-corrected chi connectivity index (χ1v) is 20.1. The fraction of sp³-hybridized carbons (Fsp3) is 0. The quantitative estimate of drug-likeness (QED) is 0.164. The van der Waals surface area contributed by atoms with E-state index < -0.39 is 0 Å². The molecule has 58 heavy (non-hydrogen) atoms. The SMILES string of the molecule is Bc1c(B)c(B)c(-c2c(B)c(B)c(B)c(B)c2-c2nc(-c3ccc(-c4ccccc4)cc3)nc(-c3ccc(-c4cccc5c4oc4ccccc45)cc3)n2)c(B)c1B. The largest absolute Gasteiger partial charge is 0.455 e. The molecule has 266 valence electrons. The zero-order valence-electron chi connectivity index (χ0n) is 34.8. The van der Waals surface area contributed by atoms with Crippen molar-refractivity contribution in [2.45, 2.75) is 0 Å². The molecule has 7 aromatic carbocycles. The maximum absolute atomic E-state index is 6.41. The Morgan fingerprint density at radius 3 is 1.34 bits per heavy atom. The minimum Gasteiger partial charge on any atom is -0.455 e. The van der Waals surface area contributed by atoms with Gasteiger partial charge >= 0.3 is 0 Å². The van der Waals surface area contributed by atoms with Crippen molar-refractivity contribution in [3.05, 3.63) is 121 Å². The second-order valence-electron chi connectivity index (χ2n) is 15.9. The Morgan fingerprint density at radius 2 is 0.741 bits per heavy atom. The van der Waals surface area contributed by atoms with Crippen molar-refractivity contribution >= 4 is 142 Å². The van der Waals surface area contributed by atoms with Gasteiger partial charge in [0.15, 0.2) is 17.5 Å². The van der Waals surface area contributed by atoms with Crippen LogP contribution in [0, 0.1) is 0 Å². The number of para-hydroxylation sites is 2. The van der Waals surface area contributed by atoms with E-state index in [0.717, 1.165) is 55.3 Å². The van der Waals surface area contributed by atoms with Gasteiger partial charge in [-0.25, -0.2) is 15.0 Å². The van der Waals surface area contributed by atoms with E-state index in [1.54, 1.807) is 0 Å². The summed E-state index contributed by atoms with van der Waals surface area (Å²) in [6.07, 6.45) is 0. The molecule has 0 atom stereocenters. The minimum atomic E-state index is 0.631. The Balaban J connectivity index is 1.25. The number of furan rings is 1. The molecule has 0 saturated heterocycles. The molecular weight excluding hydrogens is 696 g/mol. The van der Waals surface area contributed by atoms with E-state index >= 15 is 0 Å². The van der Waals surface area contributed by atoms with Gasteiger partial charge < -0.3 is 4.42 Å². The van der Waals surface area contributed by atoms with Crippen LogP contribution in [0.3, 0.4) is 0 Å². The van der Waals surface area contributed by atoms with Crippen LogP contribution in [0.4, 0.5) is 0 Å². The van der Waals surface area contributed by atoms with E-state index in [4.69, 9.17) is 19.4 Å². The predicted octanol–water partition coefficient (Wildman–Crippen LogP) is -3.90. The molecule has 0 N–H and O–H groups in total. The predicted molar refractivity (Wildman–Crippen MR) is 273 cm³/mol. The molecule has 0 bridgehead atoms. The summed E-state index contributed by atoms with van der Waals surface area (Å²) < 4.78 is 6.41. The van der Waals surface area contributed by atoms with Gasteiger partial charge in [0, 0.05) is 33.0 Å². The van der Waals surface area contributed by atoms with Crippen LogP contribution < -0.4 is 49.2 Å². The fourth-order valence-electron chi connectivity index (χ4n) is 8.74. The smallest absolute Gasteiger partial charge is 0.164 e. The molecular formula is C45H38B9N3O. The van der Waals surface area contributed by atoms with Crippen LogP contribution >= 0.6 is 0 Å². The Hall–Kier alpha value is -6.07. The normalized spacial score (nSPS) is 11.4. The van der Waals surface area contributed by atoms with Crippen LogP contribution in [0.25, 0.3) is 89.5 Å². The first kappa shape index (κ1) is 37.5. The molecule has 9 aromatic rings. The minimum absolute atomic E-state index is 0.631. The van der Waals surface area contributed by atoms with Gasteiger partial charge in [-0.05, 0) is 33.9 Å². The molecule has 0 spiro atoms. The van der Waals surface area contributed by atoms with Gasteiger partial charge in [-0.15, -0.1) is 27.3 Å². The number of rotatable bonds is 6. The zero-order valence-corrected chi connectivity index (χ0v) is 34.8. The third kappa shape index (κ3) is 6.19. The highest BCUT2D eigenvalue weighted by atomic mass is 16.3. The molecule has 2 aromatic heterocycles. The summed E-state index contributed by atoms with van der Waals surface area (Å²) in [5, 5.41) is 2.23. The van der Waals surface area contributed by atoms with Gasteiger partial charge in [0.05, 0.1) is 0 Å². The maximum Gasteiger partial charge on any atom is 0.164 e. The van der Waals surface area contributed by atoms with Crippen LogP contribution in [0.15, 0.2) is 126 Å². The Labute approximate surface area is 348 Å². The average Bonchev–Trinajstić information content (AvgIpc) is 3.65. The molecule has 0 amide bonds. The van der Waals surface area contributed by atoms with Crippen molar-refractivity contribution in [2.24, 2.45) is 0 Å². The van der Waals surface area contributed by atoms with E-state index in [9.17, 15) is 0 Å². The van der Waals surface area contributed by atoms with Gasteiger partial charge in [-0.3, -0.25) is 0 Å². The third-order valence-corrected chi connectivity index (χ3v) is 12.9. The number of nitrogens with zero attached hydrogens (tertiary/aromatic N) is 3. The topological polar surface area (TPSA) is 51.8 Å². The third-order valence-electron chi connectivity index (χ3n) is 12.9. The highest BCUT2D eigenvalue weighted by Crippen LogP contribution is 2.37. The fourth-order valence-corrected chi connectivity index (χ4v) is 8.74. The number of benzene rings is 7. The van der Waals surface area contributed by atoms with Gasteiger partial charge in [0.25, 0.3) is 0 Å². The maximum atomic E-state index is 6.41. The highest BCUT2D eigenvalue weighted by Gasteiger charge is 2.25. The lowest BCUT2D eigenvalue weighted by atomic mass is 9.56. The highest BCUT2D eigenvalue weighted by molar-refractivity contribution is 6.70. The van der Waals surface area contributed by atoms with E-state index in [2.05, 4.69) is 174 Å². The van der Waals surface area contributed by atoms with E-state index in [1.807, 2.05) is 18.2 Å². The summed E-state index contributed by atoms with van der Waals surface area (Å²) in [6, 6.07) is 42.2. The number of fused-ring (bicyclic) bond motifs is 3. The van der Waals surface area contributed by atoms with E-state index in [-0.39, 0.29) is 0 Å². The summed E-state index contributed by atoms with van der Waals surface area (Å²) in [5.74, 6) is 1.95. The van der Waals surface area contributed by atoms with Crippen LogP contribution in [-0.2, 0) is 0 Å². The molecule has 4 nitrogen and oxygen atoms in total. The second kappa shape index (κ2) is 14.7. The van der Waals surface area contributed by atoms with Gasteiger partial charge in [-0.2, -0.15) is 0 Å². The molecule has 0 unspecified atom stereocenters. The summed E-state index contributed by atoms with van der Waals surface area (Å²) in [5.41, 5.74) is 23.2. The van der Waals surface area contributed by atoms with Crippen LogP contribution in [-0.4, -0.2) is 85.6 Å². The van der Waals surface area contributed by atoms with Gasteiger partial charge in [0.1, 0.15) is 81.8 Å². The monoisotopic (exact) mass is 735 g/mol. The van der Waals surface area contributed by atoms with Crippen molar-refractivity contribution in [2.75, 3.05) is 0 Å². The lowest BCUT2D eigenvalue weighted by Crippen LogP contribution is -2.56. The standard InChI is InChI=1S/C45H38B9N3O/c46-33-30(31-34(47)38(51)41(54)39(52)35(31)48)32(36(49)40(53)37(33)50)45-56-43(24-17-13-22(14-18-24)21-7-2-1-3-8-21)55-44(57-45)25-19-15-23(16-20-25)26-10-6-11-28-27-9-4-5-12-29(27)58-42(26)28/h1-20H,46-54H2. The van der Waals surface area contributed by atoms with Crippen molar-refractivity contribution in [1.29, 1.82) is 0 Å². The van der Waals surface area contributed by atoms with Crippen molar-refractivity contribution in [1.82, 2.24) is 15.0 Å². The van der Waals surface area contributed by atoms with Crippen molar-refractivity contribution < 1.29 is 4.42 Å². The average molecular weight is 734 g/mol. The van der Waals surface area contributed by atoms with Crippen LogP contribution in [0.1, 0.15) is 0 Å². The number of hydrogen-bond donors (Lipinski definition) is 0. The van der Waals surface area contributed by atoms with Crippen LogP contribution in [0.2, 0.25) is 0 Å². The Bertz CT molecular complexity index is 3070. The molecule has 2 heterocycles. The molecule has 0 aliphatic carbocycles. The second-order valence-corrected chi connectivity index (χ2v) is 15.9. The number of hydrogen-bond acceptors (Lipinski definition) is 4. The van der Waals surface area contributed by atoms with Crippen molar-refractivity contribution in [3.63, 3.8) is 0 Å². The summed E-state index contributed by atoms with van der Waals surface area (Å²) in [7, 11) is 20.2. The lowest BCUT2D eigenvalue weighted by Gasteiger charge is -2.27. The van der Waals surface area contributed by atoms with Crippen LogP contribution in [0.5, 0.6) is 0 Å². The van der Waals surface area contributed by atoms with Crippen molar-refractivity contribution in [3.8, 4) is 67.5 Å².